The fraction of sp³-hybridized carbons (Fsp3) is 0.643. The Kier molecular flexibility index (Phi) is 5.37. The fourth-order valence-corrected chi connectivity index (χ4v) is 3.72. The smallest absolute Gasteiger partial charge is 0.326 e. The molecule has 0 aromatic carbocycles. The van der Waals surface area contributed by atoms with Crippen LogP contribution < -0.4 is 5.32 Å². The molecular weight excluding hydrogens is 274 g/mol. The summed E-state index contributed by atoms with van der Waals surface area (Å²) in [6, 6.07) is 1.81. The molecule has 2 atom stereocenters. The molecule has 1 N–H and O–H groups in total. The van der Waals surface area contributed by atoms with Crippen molar-refractivity contribution < 1.29 is 9.53 Å². The van der Waals surface area contributed by atoms with Gasteiger partial charge in [-0.2, -0.15) is 0 Å². The maximum atomic E-state index is 12.1. The summed E-state index contributed by atoms with van der Waals surface area (Å²) >= 11 is 1.64. The molecule has 1 saturated carbocycles. The second kappa shape index (κ2) is 7.04. The number of nitrogens with one attached hydrogen (secondary N) is 1. The Bertz CT molecular complexity index is 443. The van der Waals surface area contributed by atoms with E-state index in [0.29, 0.717) is 5.25 Å². The molecule has 0 saturated heterocycles. The molecule has 2 unspecified atom stereocenters. The van der Waals surface area contributed by atoms with Crippen LogP contribution in [0.4, 0.5) is 0 Å². The minimum absolute atomic E-state index is 0.150. The maximum absolute atomic E-state index is 12.1. The highest BCUT2D eigenvalue weighted by Gasteiger charge is 2.46. The predicted molar refractivity (Wildman–Crippen MR) is 78.6 cm³/mol. The van der Waals surface area contributed by atoms with Crippen molar-refractivity contribution in [2.75, 3.05) is 13.7 Å². The maximum Gasteiger partial charge on any atom is 0.326 e. The van der Waals surface area contributed by atoms with Gasteiger partial charge in [-0.3, -0.25) is 4.79 Å². The number of hydrogen-bond acceptors (Lipinski definition) is 6. The van der Waals surface area contributed by atoms with Gasteiger partial charge in [0.25, 0.3) is 0 Å². The largest absolute Gasteiger partial charge is 0.468 e. The van der Waals surface area contributed by atoms with Crippen LogP contribution in [0.1, 0.15) is 32.6 Å². The number of ether oxygens (including phenoxy) is 1. The van der Waals surface area contributed by atoms with Gasteiger partial charge >= 0.3 is 5.97 Å². The first-order valence-electron chi connectivity index (χ1n) is 6.97. The predicted octanol–water partition coefficient (Wildman–Crippen LogP) is 2.03. The van der Waals surface area contributed by atoms with E-state index in [9.17, 15) is 4.79 Å². The van der Waals surface area contributed by atoms with Gasteiger partial charge in [-0.05, 0) is 38.3 Å². The molecule has 1 aliphatic carbocycles. The van der Waals surface area contributed by atoms with Crippen LogP contribution in [0.3, 0.4) is 0 Å². The first-order chi connectivity index (χ1) is 9.70. The third-order valence-electron chi connectivity index (χ3n) is 3.57. The van der Waals surface area contributed by atoms with E-state index in [1.807, 2.05) is 0 Å². The number of nitrogens with zero attached hydrogens (tertiary/aromatic N) is 2. The summed E-state index contributed by atoms with van der Waals surface area (Å²) in [7, 11) is 1.46. The van der Waals surface area contributed by atoms with Crippen molar-refractivity contribution in [3.63, 3.8) is 0 Å². The molecule has 1 heterocycles. The number of esters is 1. The summed E-state index contributed by atoms with van der Waals surface area (Å²) in [4.78, 5) is 20.6. The number of aromatic nitrogens is 2. The SMILES string of the molecule is CCCNC1(C(=O)OC)CCC(Sc2ncccn2)C1. The summed E-state index contributed by atoms with van der Waals surface area (Å²) in [6.45, 7) is 2.92. The van der Waals surface area contributed by atoms with E-state index in [1.165, 1.54) is 7.11 Å². The van der Waals surface area contributed by atoms with E-state index in [4.69, 9.17) is 4.74 Å². The highest BCUT2D eigenvalue weighted by molar-refractivity contribution is 7.99. The molecule has 110 valence electrons. The van der Waals surface area contributed by atoms with Crippen LogP contribution in [0.25, 0.3) is 0 Å². The van der Waals surface area contributed by atoms with Gasteiger partial charge in [-0.1, -0.05) is 18.7 Å². The van der Waals surface area contributed by atoms with Gasteiger partial charge < -0.3 is 10.1 Å². The van der Waals surface area contributed by atoms with Crippen molar-refractivity contribution in [2.24, 2.45) is 0 Å². The number of methoxy groups -OCH3 is 1. The minimum atomic E-state index is -0.531. The second-order valence-corrected chi connectivity index (χ2v) is 6.28. The van der Waals surface area contributed by atoms with Crippen LogP contribution >= 0.6 is 11.8 Å². The van der Waals surface area contributed by atoms with Gasteiger partial charge in [-0.25, -0.2) is 9.97 Å². The molecule has 1 aromatic rings. The van der Waals surface area contributed by atoms with Gasteiger partial charge in [0.2, 0.25) is 0 Å². The molecular formula is C14H21N3O2S. The molecule has 0 spiro atoms. The molecule has 2 rings (SSSR count). The van der Waals surface area contributed by atoms with Crippen molar-refractivity contribution in [3.8, 4) is 0 Å². The lowest BCUT2D eigenvalue weighted by Gasteiger charge is -2.27. The first kappa shape index (κ1) is 15.3. The van der Waals surface area contributed by atoms with Crippen molar-refractivity contribution in [3.05, 3.63) is 18.5 Å². The Balaban J connectivity index is 2.01. The molecule has 0 aliphatic heterocycles. The van der Waals surface area contributed by atoms with Crippen molar-refractivity contribution in [1.82, 2.24) is 15.3 Å². The first-order valence-corrected chi connectivity index (χ1v) is 7.85. The van der Waals surface area contributed by atoms with Gasteiger partial charge in [0.05, 0.1) is 7.11 Å². The third kappa shape index (κ3) is 3.49. The topological polar surface area (TPSA) is 64.1 Å². The lowest BCUT2D eigenvalue weighted by atomic mass is 9.97. The Morgan fingerprint density at radius 1 is 1.55 bits per heavy atom. The van der Waals surface area contributed by atoms with Crippen LogP contribution in [0, 0.1) is 0 Å². The van der Waals surface area contributed by atoms with Crippen LogP contribution in [0.5, 0.6) is 0 Å². The third-order valence-corrected chi connectivity index (χ3v) is 4.73. The number of carbonyl (C=O) groups excluding carboxylic acids is 1. The van der Waals surface area contributed by atoms with E-state index in [0.717, 1.165) is 37.4 Å². The lowest BCUT2D eigenvalue weighted by Crippen LogP contribution is -2.51. The minimum Gasteiger partial charge on any atom is -0.468 e. The molecule has 6 heteroatoms. The van der Waals surface area contributed by atoms with Gasteiger partial charge in [0.1, 0.15) is 5.54 Å². The lowest BCUT2D eigenvalue weighted by molar-refractivity contribution is -0.148. The van der Waals surface area contributed by atoms with E-state index >= 15 is 0 Å². The highest BCUT2D eigenvalue weighted by atomic mass is 32.2. The van der Waals surface area contributed by atoms with Crippen LogP contribution in [-0.4, -0.2) is 40.4 Å². The van der Waals surface area contributed by atoms with Gasteiger partial charge in [0.15, 0.2) is 5.16 Å². The zero-order chi connectivity index (χ0) is 14.4. The number of carbonyl (C=O) groups is 1. The zero-order valence-corrected chi connectivity index (χ0v) is 12.8. The summed E-state index contributed by atoms with van der Waals surface area (Å²) in [5.41, 5.74) is -0.531. The Hall–Kier alpha value is -1.14. The Morgan fingerprint density at radius 3 is 2.95 bits per heavy atom. The fourth-order valence-electron chi connectivity index (χ4n) is 2.57. The Labute approximate surface area is 123 Å². The van der Waals surface area contributed by atoms with E-state index in [2.05, 4.69) is 22.2 Å². The van der Waals surface area contributed by atoms with Crippen molar-refractivity contribution in [2.45, 2.75) is 48.6 Å². The zero-order valence-electron chi connectivity index (χ0n) is 12.0. The summed E-state index contributed by atoms with van der Waals surface area (Å²) < 4.78 is 4.99. The Morgan fingerprint density at radius 2 is 2.30 bits per heavy atom. The average Bonchev–Trinajstić information content (AvgIpc) is 2.90. The van der Waals surface area contributed by atoms with Crippen LogP contribution in [-0.2, 0) is 9.53 Å². The molecule has 1 aliphatic rings. The van der Waals surface area contributed by atoms with Gasteiger partial charge in [0, 0.05) is 17.6 Å². The van der Waals surface area contributed by atoms with Crippen LogP contribution in [0.2, 0.25) is 0 Å². The van der Waals surface area contributed by atoms with E-state index in [-0.39, 0.29) is 5.97 Å². The number of rotatable bonds is 6. The molecule has 0 radical (unpaired) electrons. The van der Waals surface area contributed by atoms with Crippen molar-refractivity contribution >= 4 is 17.7 Å². The molecule has 5 nitrogen and oxygen atoms in total. The molecule has 20 heavy (non-hydrogen) atoms. The molecule has 0 bridgehead atoms. The number of hydrogen-bond donors (Lipinski definition) is 1. The van der Waals surface area contributed by atoms with Crippen molar-refractivity contribution in [1.29, 1.82) is 0 Å². The van der Waals surface area contributed by atoms with Gasteiger partial charge in [-0.15, -0.1) is 0 Å². The highest BCUT2D eigenvalue weighted by Crippen LogP contribution is 2.39. The summed E-state index contributed by atoms with van der Waals surface area (Å²) in [5.74, 6) is -0.150. The monoisotopic (exact) mass is 295 g/mol. The summed E-state index contributed by atoms with van der Waals surface area (Å²) in [6.07, 6.45) is 7.03. The normalized spacial score (nSPS) is 25.6. The molecule has 1 fully saturated rings. The van der Waals surface area contributed by atoms with Crippen LogP contribution in [0.15, 0.2) is 23.6 Å². The molecule has 1 aromatic heterocycles. The molecule has 0 amide bonds. The second-order valence-electron chi connectivity index (χ2n) is 5.01. The average molecular weight is 295 g/mol. The number of thioether (sulfide) groups is 1. The van der Waals surface area contributed by atoms with E-state index in [1.54, 1.807) is 30.2 Å². The van der Waals surface area contributed by atoms with E-state index < -0.39 is 5.54 Å². The summed E-state index contributed by atoms with van der Waals surface area (Å²) in [5, 5.41) is 4.50. The quantitative estimate of drug-likeness (QED) is 0.640. The standard InChI is InChI=1S/C14H21N3O2S/c1-3-7-17-14(12(18)19-2)6-5-11(10-14)20-13-15-8-4-9-16-13/h4,8-9,11,17H,3,5-7,10H2,1-2H3.